The minimum absolute atomic E-state index is 0.191. The average Bonchev–Trinajstić information content (AvgIpc) is 3.25. The van der Waals surface area contributed by atoms with Gasteiger partial charge in [-0.05, 0) is 31.2 Å². The minimum atomic E-state index is -0.586. The zero-order valence-electron chi connectivity index (χ0n) is 14.1. The fourth-order valence-electron chi connectivity index (χ4n) is 2.59. The molecule has 0 saturated heterocycles. The number of hydrogen-bond acceptors (Lipinski definition) is 4. The molecule has 1 N–H and O–H groups in total. The topological polar surface area (TPSA) is 55.6 Å². The van der Waals surface area contributed by atoms with Crippen molar-refractivity contribution in [3.05, 3.63) is 72.4 Å². The van der Waals surface area contributed by atoms with Gasteiger partial charge >= 0.3 is 0 Å². The zero-order valence-corrected chi connectivity index (χ0v) is 14.9. The monoisotopic (exact) mass is 363 g/mol. The number of anilines is 1. The Morgan fingerprint density at radius 1 is 1.15 bits per heavy atom. The average molecular weight is 363 g/mol. The second-order valence-electron chi connectivity index (χ2n) is 5.86. The van der Waals surface area contributed by atoms with Crippen molar-refractivity contribution in [2.45, 2.75) is 13.0 Å². The number of rotatable bonds is 5. The zero-order chi connectivity index (χ0) is 17.9. The lowest BCUT2D eigenvalue weighted by Crippen LogP contribution is -2.30. The molecule has 0 aliphatic rings. The largest absolute Gasteiger partial charge is 0.481 e. The number of hydrogen-bond donors (Lipinski definition) is 1. The van der Waals surface area contributed by atoms with E-state index in [1.165, 1.54) is 0 Å². The van der Waals surface area contributed by atoms with Crippen molar-refractivity contribution in [2.75, 3.05) is 5.32 Å². The Bertz CT molecular complexity index is 994. The van der Waals surface area contributed by atoms with Crippen molar-refractivity contribution in [1.82, 2.24) is 9.38 Å². The van der Waals surface area contributed by atoms with Crippen LogP contribution in [0.4, 0.5) is 5.69 Å². The summed E-state index contributed by atoms with van der Waals surface area (Å²) < 4.78 is 7.64. The van der Waals surface area contributed by atoms with Crippen LogP contribution in [-0.2, 0) is 4.79 Å². The first kappa shape index (κ1) is 16.4. The Kier molecular flexibility index (Phi) is 4.41. The fourth-order valence-corrected chi connectivity index (χ4v) is 3.29. The summed E-state index contributed by atoms with van der Waals surface area (Å²) in [4.78, 5) is 17.8. The van der Waals surface area contributed by atoms with Gasteiger partial charge in [-0.1, -0.05) is 30.3 Å². The second-order valence-corrected chi connectivity index (χ2v) is 6.73. The van der Waals surface area contributed by atoms with Crippen LogP contribution in [0.5, 0.6) is 5.75 Å². The van der Waals surface area contributed by atoms with E-state index in [9.17, 15) is 4.79 Å². The van der Waals surface area contributed by atoms with Crippen LogP contribution in [0.2, 0.25) is 0 Å². The van der Waals surface area contributed by atoms with Gasteiger partial charge in [-0.3, -0.25) is 9.20 Å². The number of nitrogens with zero attached hydrogens (tertiary/aromatic N) is 2. The quantitative estimate of drug-likeness (QED) is 0.569. The SMILES string of the molecule is C[C@@H](Oc1ccccc1)C(=O)Nc1ccc(-c2cn3ccsc3n2)cc1. The molecule has 2 aromatic carbocycles. The minimum Gasteiger partial charge on any atom is -0.481 e. The lowest BCUT2D eigenvalue weighted by Gasteiger charge is -2.14. The van der Waals surface area contributed by atoms with Gasteiger partial charge in [-0.15, -0.1) is 11.3 Å². The Labute approximate surface area is 154 Å². The third kappa shape index (κ3) is 3.45. The Morgan fingerprint density at radius 2 is 1.92 bits per heavy atom. The highest BCUT2D eigenvalue weighted by Gasteiger charge is 2.15. The molecule has 5 nitrogen and oxygen atoms in total. The number of amides is 1. The van der Waals surface area contributed by atoms with E-state index in [1.54, 1.807) is 18.3 Å². The van der Waals surface area contributed by atoms with Crippen molar-refractivity contribution in [3.8, 4) is 17.0 Å². The Hall–Kier alpha value is -3.12. The first-order valence-electron chi connectivity index (χ1n) is 8.24. The second kappa shape index (κ2) is 7.01. The van der Waals surface area contributed by atoms with Crippen LogP contribution in [-0.4, -0.2) is 21.4 Å². The van der Waals surface area contributed by atoms with E-state index in [-0.39, 0.29) is 5.91 Å². The Balaban J connectivity index is 1.42. The van der Waals surface area contributed by atoms with Crippen LogP contribution in [0, 0.1) is 0 Å². The van der Waals surface area contributed by atoms with Crippen LogP contribution in [0.25, 0.3) is 16.2 Å². The number of imidazole rings is 1. The maximum absolute atomic E-state index is 12.3. The van der Waals surface area contributed by atoms with Gasteiger partial charge < -0.3 is 10.1 Å². The molecule has 0 bridgehead atoms. The molecule has 1 atom stereocenters. The molecule has 0 aliphatic carbocycles. The summed E-state index contributed by atoms with van der Waals surface area (Å²) >= 11 is 1.60. The molecule has 6 heteroatoms. The number of carbonyl (C=O) groups excluding carboxylic acids is 1. The molecule has 2 aromatic heterocycles. The molecule has 4 aromatic rings. The van der Waals surface area contributed by atoms with Gasteiger partial charge in [0.25, 0.3) is 5.91 Å². The number of aromatic nitrogens is 2. The van der Waals surface area contributed by atoms with Crippen LogP contribution in [0.1, 0.15) is 6.92 Å². The van der Waals surface area contributed by atoms with Gasteiger partial charge in [0.2, 0.25) is 0 Å². The molecule has 0 fully saturated rings. The number of nitrogens with one attached hydrogen (secondary N) is 1. The van der Waals surface area contributed by atoms with Crippen LogP contribution in [0.3, 0.4) is 0 Å². The first-order chi connectivity index (χ1) is 12.7. The van der Waals surface area contributed by atoms with Crippen LogP contribution >= 0.6 is 11.3 Å². The third-order valence-electron chi connectivity index (χ3n) is 3.97. The molecule has 2 heterocycles. The lowest BCUT2D eigenvalue weighted by molar-refractivity contribution is -0.122. The van der Waals surface area contributed by atoms with E-state index >= 15 is 0 Å². The molecule has 0 aliphatic heterocycles. The molecule has 0 spiro atoms. The summed E-state index contributed by atoms with van der Waals surface area (Å²) in [7, 11) is 0. The fraction of sp³-hybridized carbons (Fsp3) is 0.100. The van der Waals surface area contributed by atoms with Gasteiger partial charge in [0.1, 0.15) is 5.75 Å². The van der Waals surface area contributed by atoms with E-state index in [1.807, 2.05) is 76.8 Å². The highest BCUT2D eigenvalue weighted by Crippen LogP contribution is 2.23. The number of para-hydroxylation sites is 1. The van der Waals surface area contributed by atoms with Crippen molar-refractivity contribution < 1.29 is 9.53 Å². The molecule has 130 valence electrons. The number of fused-ring (bicyclic) bond motifs is 1. The molecule has 0 saturated carbocycles. The van der Waals surface area contributed by atoms with Gasteiger partial charge in [0.15, 0.2) is 11.1 Å². The molecular weight excluding hydrogens is 346 g/mol. The number of benzene rings is 2. The van der Waals surface area contributed by atoms with E-state index < -0.39 is 6.10 Å². The van der Waals surface area contributed by atoms with Crippen LogP contribution in [0.15, 0.2) is 72.4 Å². The maximum atomic E-state index is 12.3. The predicted molar refractivity (Wildman–Crippen MR) is 104 cm³/mol. The highest BCUT2D eigenvalue weighted by molar-refractivity contribution is 7.15. The smallest absolute Gasteiger partial charge is 0.265 e. The summed E-state index contributed by atoms with van der Waals surface area (Å²) in [5.74, 6) is 0.481. The van der Waals surface area contributed by atoms with E-state index in [0.29, 0.717) is 5.75 Å². The molecule has 0 radical (unpaired) electrons. The van der Waals surface area contributed by atoms with Gasteiger partial charge in [0.05, 0.1) is 5.69 Å². The van der Waals surface area contributed by atoms with Crippen molar-refractivity contribution in [3.63, 3.8) is 0 Å². The highest BCUT2D eigenvalue weighted by atomic mass is 32.1. The summed E-state index contributed by atoms with van der Waals surface area (Å²) in [5.41, 5.74) is 2.64. The summed E-state index contributed by atoms with van der Waals surface area (Å²) in [6.07, 6.45) is 3.39. The van der Waals surface area contributed by atoms with Gasteiger partial charge in [0, 0.05) is 29.0 Å². The lowest BCUT2D eigenvalue weighted by atomic mass is 10.1. The first-order valence-corrected chi connectivity index (χ1v) is 9.12. The van der Waals surface area contributed by atoms with E-state index in [0.717, 1.165) is 21.9 Å². The molecular formula is C20H17N3O2S. The van der Waals surface area contributed by atoms with E-state index in [4.69, 9.17) is 4.74 Å². The van der Waals surface area contributed by atoms with Gasteiger partial charge in [-0.2, -0.15) is 0 Å². The van der Waals surface area contributed by atoms with Gasteiger partial charge in [-0.25, -0.2) is 4.98 Å². The van der Waals surface area contributed by atoms with Crippen LogP contribution < -0.4 is 10.1 Å². The van der Waals surface area contributed by atoms with E-state index in [2.05, 4.69) is 10.3 Å². The number of carbonyl (C=O) groups is 1. The third-order valence-corrected chi connectivity index (χ3v) is 4.74. The Morgan fingerprint density at radius 3 is 2.65 bits per heavy atom. The van der Waals surface area contributed by atoms with Crippen molar-refractivity contribution in [2.24, 2.45) is 0 Å². The summed E-state index contributed by atoms with van der Waals surface area (Å²) in [5, 5.41) is 4.88. The summed E-state index contributed by atoms with van der Waals surface area (Å²) in [6.45, 7) is 1.73. The molecule has 1 amide bonds. The number of thiazole rings is 1. The normalized spacial score (nSPS) is 12.0. The molecule has 4 rings (SSSR count). The predicted octanol–water partition coefficient (Wildman–Crippen LogP) is 4.47. The molecule has 0 unspecified atom stereocenters. The maximum Gasteiger partial charge on any atom is 0.265 e. The van der Waals surface area contributed by atoms with Crippen molar-refractivity contribution >= 4 is 27.9 Å². The van der Waals surface area contributed by atoms with Crippen molar-refractivity contribution in [1.29, 1.82) is 0 Å². The number of ether oxygens (including phenoxy) is 1. The standard InChI is InChI=1S/C20H17N3O2S/c1-14(25-17-5-3-2-4-6-17)19(24)21-16-9-7-15(8-10-16)18-13-23-11-12-26-20(23)22-18/h2-14H,1H3,(H,21,24)/t14-/m1/s1. The molecule has 26 heavy (non-hydrogen) atoms. The summed E-state index contributed by atoms with van der Waals surface area (Å²) in [6, 6.07) is 16.9.